The van der Waals surface area contributed by atoms with Crippen LogP contribution in [0, 0.1) is 16.2 Å². The maximum atomic E-state index is 11.7. The van der Waals surface area contributed by atoms with E-state index in [-0.39, 0.29) is 26.8 Å². The molecule has 19 heavy (non-hydrogen) atoms. The first kappa shape index (κ1) is 16.0. The fourth-order valence-electron chi connectivity index (χ4n) is 1.41. The summed E-state index contributed by atoms with van der Waals surface area (Å²) in [6, 6.07) is 10.2. The number of hydrogen-bond donors (Lipinski definition) is 0. The molecule has 0 spiro atoms. The molecular formula is C16H20O2Se. The number of carbonyl (C=O) groups excluding carboxylic acids is 1. The molecule has 0 aliphatic carbocycles. The van der Waals surface area contributed by atoms with Gasteiger partial charge in [-0.1, -0.05) is 0 Å². The quantitative estimate of drug-likeness (QED) is 0.612. The third kappa shape index (κ3) is 4.84. The van der Waals surface area contributed by atoms with Gasteiger partial charge in [0.1, 0.15) is 0 Å². The molecule has 1 atom stereocenters. The Morgan fingerprint density at radius 1 is 1.37 bits per heavy atom. The topological polar surface area (TPSA) is 26.3 Å². The van der Waals surface area contributed by atoms with Gasteiger partial charge in [0.25, 0.3) is 0 Å². The van der Waals surface area contributed by atoms with Crippen molar-refractivity contribution in [2.45, 2.75) is 33.8 Å². The van der Waals surface area contributed by atoms with Crippen molar-refractivity contribution in [3.8, 4) is 10.7 Å². The Labute approximate surface area is 122 Å². The third-order valence-electron chi connectivity index (χ3n) is 3.00. The van der Waals surface area contributed by atoms with Crippen molar-refractivity contribution < 1.29 is 9.53 Å². The molecule has 2 nitrogen and oxygen atoms in total. The van der Waals surface area contributed by atoms with Gasteiger partial charge in [0.2, 0.25) is 0 Å². The third-order valence-corrected chi connectivity index (χ3v) is 4.53. The van der Waals surface area contributed by atoms with Gasteiger partial charge < -0.3 is 0 Å². The molecule has 0 bridgehead atoms. The zero-order valence-corrected chi connectivity index (χ0v) is 13.6. The number of ketones is 1. The molecule has 0 saturated carbocycles. The van der Waals surface area contributed by atoms with Gasteiger partial charge >= 0.3 is 122 Å². The number of hydrogen-bond acceptors (Lipinski definition) is 2. The SMILES string of the molecule is CCOC(C#C[Se]c1ccccc1)C(C)(C)C(C)=O. The molecule has 3 heteroatoms. The van der Waals surface area contributed by atoms with Crippen molar-refractivity contribution in [3.05, 3.63) is 30.3 Å². The van der Waals surface area contributed by atoms with Crippen molar-refractivity contribution in [2.75, 3.05) is 6.61 Å². The van der Waals surface area contributed by atoms with Crippen molar-refractivity contribution >= 4 is 25.2 Å². The van der Waals surface area contributed by atoms with Crippen LogP contribution in [0.1, 0.15) is 27.7 Å². The summed E-state index contributed by atoms with van der Waals surface area (Å²) in [4.78, 5) is 14.9. The Kier molecular flexibility index (Phi) is 6.31. The molecule has 102 valence electrons. The van der Waals surface area contributed by atoms with Gasteiger partial charge in [0.05, 0.1) is 0 Å². The van der Waals surface area contributed by atoms with Crippen LogP contribution in [-0.4, -0.2) is 33.5 Å². The van der Waals surface area contributed by atoms with Crippen LogP contribution >= 0.6 is 0 Å². The second kappa shape index (κ2) is 7.50. The number of rotatable bonds is 5. The Bertz CT molecular complexity index is 469. The van der Waals surface area contributed by atoms with Crippen LogP contribution in [0.2, 0.25) is 0 Å². The van der Waals surface area contributed by atoms with E-state index in [1.807, 2.05) is 39.0 Å². The monoisotopic (exact) mass is 324 g/mol. The summed E-state index contributed by atoms with van der Waals surface area (Å²) in [5, 5.41) is 0. The predicted octanol–water partition coefficient (Wildman–Crippen LogP) is 2.00. The van der Waals surface area contributed by atoms with E-state index in [0.717, 1.165) is 0 Å². The molecule has 1 unspecified atom stereocenters. The Morgan fingerprint density at radius 2 is 2.00 bits per heavy atom. The van der Waals surface area contributed by atoms with Crippen LogP contribution in [0.15, 0.2) is 30.3 Å². The summed E-state index contributed by atoms with van der Waals surface area (Å²) in [5.74, 6) is 3.23. The summed E-state index contributed by atoms with van der Waals surface area (Å²) in [5.41, 5.74) is -0.560. The fourth-order valence-corrected chi connectivity index (χ4v) is 2.62. The van der Waals surface area contributed by atoms with E-state index in [1.54, 1.807) is 6.92 Å². The predicted molar refractivity (Wildman–Crippen MR) is 79.5 cm³/mol. The molecule has 1 aromatic carbocycles. The molecule has 0 aliphatic heterocycles. The zero-order valence-electron chi connectivity index (χ0n) is 11.9. The van der Waals surface area contributed by atoms with E-state index >= 15 is 0 Å². The molecular weight excluding hydrogens is 303 g/mol. The van der Waals surface area contributed by atoms with Crippen molar-refractivity contribution in [3.63, 3.8) is 0 Å². The number of carbonyl (C=O) groups is 1. The first-order valence-corrected chi connectivity index (χ1v) is 8.04. The standard InChI is InChI=1S/C16H20O2Se/c1-5-18-15(16(3,4)13(2)17)11-12-19-14-9-7-6-8-10-14/h6-10,15H,5H2,1-4H3. The normalized spacial score (nSPS) is 12.4. The van der Waals surface area contributed by atoms with Crippen LogP contribution in [0.5, 0.6) is 0 Å². The van der Waals surface area contributed by atoms with E-state index < -0.39 is 5.41 Å². The zero-order chi connectivity index (χ0) is 14.3. The van der Waals surface area contributed by atoms with Crippen LogP contribution in [-0.2, 0) is 9.53 Å². The fraction of sp³-hybridized carbons (Fsp3) is 0.438. The summed E-state index contributed by atoms with van der Waals surface area (Å²) < 4.78 is 6.86. The molecule has 0 aromatic heterocycles. The van der Waals surface area contributed by atoms with Crippen LogP contribution in [0.3, 0.4) is 0 Å². The molecule has 1 aromatic rings. The van der Waals surface area contributed by atoms with Gasteiger partial charge in [-0.3, -0.25) is 0 Å². The number of Topliss-reactive ketones (excluding diaryl/α,β-unsaturated/α-hetero) is 1. The van der Waals surface area contributed by atoms with Gasteiger partial charge in [0.15, 0.2) is 0 Å². The van der Waals surface area contributed by atoms with Crippen LogP contribution < -0.4 is 4.46 Å². The molecule has 0 amide bonds. The van der Waals surface area contributed by atoms with E-state index in [4.69, 9.17) is 4.74 Å². The van der Waals surface area contributed by atoms with E-state index in [9.17, 15) is 4.79 Å². The van der Waals surface area contributed by atoms with Gasteiger partial charge in [-0.05, 0) is 0 Å². The number of ether oxygens (including phenoxy) is 1. The van der Waals surface area contributed by atoms with Crippen molar-refractivity contribution in [1.29, 1.82) is 0 Å². The van der Waals surface area contributed by atoms with E-state index in [1.165, 1.54) is 4.46 Å². The van der Waals surface area contributed by atoms with Crippen molar-refractivity contribution in [2.24, 2.45) is 5.41 Å². The molecule has 0 aliphatic rings. The van der Waals surface area contributed by atoms with Crippen molar-refractivity contribution in [1.82, 2.24) is 0 Å². The van der Waals surface area contributed by atoms with E-state index in [0.29, 0.717) is 6.61 Å². The molecule has 0 radical (unpaired) electrons. The first-order valence-electron chi connectivity index (χ1n) is 6.33. The Balaban J connectivity index is 2.77. The summed E-state index contributed by atoms with van der Waals surface area (Å²) in [7, 11) is 0. The van der Waals surface area contributed by atoms with Crippen LogP contribution in [0.4, 0.5) is 0 Å². The summed E-state index contributed by atoms with van der Waals surface area (Å²) in [6.45, 7) is 7.86. The molecule has 0 heterocycles. The van der Waals surface area contributed by atoms with Gasteiger partial charge in [-0.25, -0.2) is 0 Å². The molecule has 0 N–H and O–H groups in total. The summed E-state index contributed by atoms with van der Waals surface area (Å²) in [6.07, 6.45) is -0.333. The Morgan fingerprint density at radius 3 is 2.53 bits per heavy atom. The second-order valence-corrected chi connectivity index (χ2v) is 6.62. The average molecular weight is 323 g/mol. The summed E-state index contributed by atoms with van der Waals surface area (Å²) >= 11 is 0.101. The maximum absolute atomic E-state index is 11.7. The van der Waals surface area contributed by atoms with Crippen LogP contribution in [0.25, 0.3) is 0 Å². The molecule has 1 rings (SSSR count). The minimum absolute atomic E-state index is 0.101. The Hall–Kier alpha value is -1.07. The second-order valence-electron chi connectivity index (χ2n) is 4.77. The average Bonchev–Trinajstić information content (AvgIpc) is 2.38. The van der Waals surface area contributed by atoms with Gasteiger partial charge in [-0.2, -0.15) is 0 Å². The first-order chi connectivity index (χ1) is 8.98. The number of benzene rings is 1. The molecule has 0 saturated heterocycles. The molecule has 0 fully saturated rings. The van der Waals surface area contributed by atoms with Gasteiger partial charge in [0, 0.05) is 0 Å². The minimum atomic E-state index is -0.560. The van der Waals surface area contributed by atoms with Gasteiger partial charge in [-0.15, -0.1) is 0 Å². The van der Waals surface area contributed by atoms with E-state index in [2.05, 4.69) is 22.9 Å².